The fourth-order valence-electron chi connectivity index (χ4n) is 2.61. The molecule has 0 aromatic heterocycles. The highest BCUT2D eigenvalue weighted by atomic mass is 35.5. The monoisotopic (exact) mass is 367 g/mol. The van der Waals surface area contributed by atoms with E-state index in [9.17, 15) is 19.7 Å². The molecule has 1 unspecified atom stereocenters. The molecule has 8 nitrogen and oxygen atoms in total. The van der Waals surface area contributed by atoms with E-state index in [1.165, 1.54) is 18.2 Å². The van der Waals surface area contributed by atoms with Gasteiger partial charge >= 0.3 is 12.0 Å². The van der Waals surface area contributed by atoms with E-state index in [1.807, 2.05) is 6.92 Å². The van der Waals surface area contributed by atoms with Crippen LogP contribution in [0.25, 0.3) is 0 Å². The highest BCUT2D eigenvalue weighted by Crippen LogP contribution is 2.33. The van der Waals surface area contributed by atoms with Crippen LogP contribution in [0.5, 0.6) is 0 Å². The summed E-state index contributed by atoms with van der Waals surface area (Å²) in [6.45, 7) is 3.75. The zero-order chi connectivity index (χ0) is 18.6. The molecular formula is C16H18ClN3O5. The fraction of sp³-hybridized carbons (Fsp3) is 0.375. The number of carbonyl (C=O) groups is 2. The van der Waals surface area contributed by atoms with Crippen molar-refractivity contribution in [1.29, 1.82) is 0 Å². The largest absolute Gasteiger partial charge is 0.463 e. The maximum atomic E-state index is 12.4. The summed E-state index contributed by atoms with van der Waals surface area (Å²) in [6.07, 6.45) is 1.17. The number of amides is 2. The van der Waals surface area contributed by atoms with Crippen molar-refractivity contribution in [2.45, 2.75) is 32.7 Å². The number of nitrogens with zero attached hydrogens (tertiary/aromatic N) is 1. The van der Waals surface area contributed by atoms with Crippen molar-refractivity contribution in [3.05, 3.63) is 50.2 Å². The molecule has 25 heavy (non-hydrogen) atoms. The second-order valence-electron chi connectivity index (χ2n) is 5.36. The standard InChI is InChI=1S/C16H18ClN3O5/c1-3-5-11-13(15(21)25-4-2)14(19-16(22)18-11)9-6-7-10(17)12(8-9)20(23)24/h6-8,14H,3-5H2,1-2H3,(H2,18,19,22). The minimum absolute atomic E-state index is 0.0237. The summed E-state index contributed by atoms with van der Waals surface area (Å²) in [5.41, 5.74) is 0.766. The van der Waals surface area contributed by atoms with Crippen LogP contribution >= 0.6 is 11.6 Å². The lowest BCUT2D eigenvalue weighted by Gasteiger charge is -2.29. The van der Waals surface area contributed by atoms with E-state index < -0.39 is 23.0 Å². The number of halogens is 1. The Hall–Kier alpha value is -2.61. The van der Waals surface area contributed by atoms with Crippen molar-refractivity contribution < 1.29 is 19.2 Å². The fourth-order valence-corrected chi connectivity index (χ4v) is 2.80. The Bertz CT molecular complexity index is 747. The van der Waals surface area contributed by atoms with Crippen LogP contribution in [0, 0.1) is 10.1 Å². The molecule has 1 aliphatic heterocycles. The molecule has 1 atom stereocenters. The van der Waals surface area contributed by atoms with Gasteiger partial charge in [0.2, 0.25) is 0 Å². The van der Waals surface area contributed by atoms with E-state index in [-0.39, 0.29) is 22.9 Å². The summed E-state index contributed by atoms with van der Waals surface area (Å²) < 4.78 is 5.10. The number of benzene rings is 1. The van der Waals surface area contributed by atoms with Gasteiger partial charge in [0, 0.05) is 11.8 Å². The first-order valence-corrected chi connectivity index (χ1v) is 8.18. The Morgan fingerprint density at radius 3 is 2.72 bits per heavy atom. The van der Waals surface area contributed by atoms with Crippen LogP contribution in [0.15, 0.2) is 29.5 Å². The van der Waals surface area contributed by atoms with Crippen LogP contribution in [0.4, 0.5) is 10.5 Å². The molecule has 9 heteroatoms. The Labute approximate surface area is 149 Å². The molecule has 0 radical (unpaired) electrons. The van der Waals surface area contributed by atoms with Crippen molar-refractivity contribution in [2.75, 3.05) is 6.61 Å². The van der Waals surface area contributed by atoms with E-state index in [0.717, 1.165) is 0 Å². The number of carbonyl (C=O) groups excluding carboxylic acids is 2. The average Bonchev–Trinajstić information content (AvgIpc) is 2.55. The van der Waals surface area contributed by atoms with Crippen LogP contribution in [0.3, 0.4) is 0 Å². The second kappa shape index (κ2) is 7.98. The van der Waals surface area contributed by atoms with Gasteiger partial charge in [-0.15, -0.1) is 0 Å². The normalized spacial score (nSPS) is 16.9. The highest BCUT2D eigenvalue weighted by molar-refractivity contribution is 6.32. The summed E-state index contributed by atoms with van der Waals surface area (Å²) in [4.78, 5) is 34.9. The number of hydrogen-bond acceptors (Lipinski definition) is 5. The van der Waals surface area contributed by atoms with E-state index in [1.54, 1.807) is 6.92 Å². The van der Waals surface area contributed by atoms with Crippen molar-refractivity contribution in [3.8, 4) is 0 Å². The van der Waals surface area contributed by atoms with Crippen LogP contribution in [0.1, 0.15) is 38.3 Å². The van der Waals surface area contributed by atoms with Gasteiger partial charge in [-0.3, -0.25) is 10.1 Å². The first kappa shape index (κ1) is 18.7. The van der Waals surface area contributed by atoms with Crippen molar-refractivity contribution in [3.63, 3.8) is 0 Å². The Morgan fingerprint density at radius 2 is 2.12 bits per heavy atom. The lowest BCUT2D eigenvalue weighted by atomic mass is 9.93. The molecule has 0 bridgehead atoms. The van der Waals surface area contributed by atoms with Crippen LogP contribution in [-0.2, 0) is 9.53 Å². The minimum Gasteiger partial charge on any atom is -0.463 e. The molecule has 0 saturated carbocycles. The molecule has 2 rings (SSSR count). The van der Waals surface area contributed by atoms with Gasteiger partial charge in [0.15, 0.2) is 0 Å². The summed E-state index contributed by atoms with van der Waals surface area (Å²) in [6, 6.07) is 2.81. The quantitative estimate of drug-likeness (QED) is 0.455. The number of nitro benzene ring substituents is 1. The number of urea groups is 1. The smallest absolute Gasteiger partial charge is 0.338 e. The number of ether oxygens (including phenoxy) is 1. The predicted molar refractivity (Wildman–Crippen MR) is 91.1 cm³/mol. The third kappa shape index (κ3) is 4.08. The van der Waals surface area contributed by atoms with E-state index >= 15 is 0 Å². The Kier molecular flexibility index (Phi) is 5.97. The van der Waals surface area contributed by atoms with Gasteiger partial charge in [0.05, 0.1) is 23.1 Å². The first-order valence-electron chi connectivity index (χ1n) is 7.80. The molecular weight excluding hydrogens is 350 g/mol. The van der Waals surface area contributed by atoms with Gasteiger partial charge in [-0.2, -0.15) is 0 Å². The molecule has 0 spiro atoms. The van der Waals surface area contributed by atoms with Gasteiger partial charge in [0.1, 0.15) is 5.02 Å². The zero-order valence-electron chi connectivity index (χ0n) is 13.8. The SMILES string of the molecule is CCCC1=C(C(=O)OCC)C(c2ccc(Cl)c([N+](=O)[O-])c2)NC(=O)N1. The van der Waals surface area contributed by atoms with Crippen molar-refractivity contribution in [2.24, 2.45) is 0 Å². The first-order chi connectivity index (χ1) is 11.9. The third-order valence-corrected chi connectivity index (χ3v) is 3.97. The van der Waals surface area contributed by atoms with E-state index in [4.69, 9.17) is 16.3 Å². The summed E-state index contributed by atoms with van der Waals surface area (Å²) in [5.74, 6) is -0.582. The summed E-state index contributed by atoms with van der Waals surface area (Å²) >= 11 is 5.84. The molecule has 134 valence electrons. The van der Waals surface area contributed by atoms with Gasteiger partial charge in [0.25, 0.3) is 5.69 Å². The molecule has 1 aliphatic rings. The number of nitro groups is 1. The van der Waals surface area contributed by atoms with Gasteiger partial charge in [-0.25, -0.2) is 9.59 Å². The molecule has 2 N–H and O–H groups in total. The second-order valence-corrected chi connectivity index (χ2v) is 5.77. The topological polar surface area (TPSA) is 111 Å². The number of allylic oxidation sites excluding steroid dienone is 1. The van der Waals surface area contributed by atoms with Gasteiger partial charge < -0.3 is 15.4 Å². The Balaban J connectivity index is 2.57. The molecule has 0 aliphatic carbocycles. The molecule has 1 aromatic carbocycles. The van der Waals surface area contributed by atoms with Crippen molar-refractivity contribution in [1.82, 2.24) is 10.6 Å². The van der Waals surface area contributed by atoms with Crippen LogP contribution in [-0.4, -0.2) is 23.5 Å². The number of esters is 1. The summed E-state index contributed by atoms with van der Waals surface area (Å²) in [7, 11) is 0. The van der Waals surface area contributed by atoms with E-state index in [2.05, 4.69) is 10.6 Å². The van der Waals surface area contributed by atoms with Crippen LogP contribution < -0.4 is 10.6 Å². The number of nitrogens with one attached hydrogen (secondary N) is 2. The lowest BCUT2D eigenvalue weighted by Crippen LogP contribution is -2.46. The molecule has 1 aromatic rings. The third-order valence-electron chi connectivity index (χ3n) is 3.65. The highest BCUT2D eigenvalue weighted by Gasteiger charge is 2.34. The van der Waals surface area contributed by atoms with Gasteiger partial charge in [-0.1, -0.05) is 31.0 Å². The molecule has 2 amide bonds. The van der Waals surface area contributed by atoms with E-state index in [0.29, 0.717) is 24.1 Å². The zero-order valence-corrected chi connectivity index (χ0v) is 14.6. The lowest BCUT2D eigenvalue weighted by molar-refractivity contribution is -0.384. The molecule has 0 fully saturated rings. The molecule has 0 saturated heterocycles. The predicted octanol–water partition coefficient (Wildman–Crippen LogP) is 3.22. The number of hydrogen-bond donors (Lipinski definition) is 2. The molecule has 1 heterocycles. The van der Waals surface area contributed by atoms with Crippen LogP contribution in [0.2, 0.25) is 5.02 Å². The maximum Gasteiger partial charge on any atom is 0.338 e. The maximum absolute atomic E-state index is 12.4. The Morgan fingerprint density at radius 1 is 1.40 bits per heavy atom. The number of rotatable bonds is 6. The van der Waals surface area contributed by atoms with Crippen molar-refractivity contribution >= 4 is 29.3 Å². The minimum atomic E-state index is -0.856. The average molecular weight is 368 g/mol. The summed E-state index contributed by atoms with van der Waals surface area (Å²) in [5, 5.41) is 16.3. The van der Waals surface area contributed by atoms with Gasteiger partial charge in [-0.05, 0) is 25.0 Å².